The van der Waals surface area contributed by atoms with Gasteiger partial charge in [-0.05, 0) is 0 Å². The fraction of sp³-hybridized carbons (Fsp3) is 0.400. The summed E-state index contributed by atoms with van der Waals surface area (Å²) in [5, 5.41) is 28.0. The third-order valence-corrected chi connectivity index (χ3v) is 2.28. The largest absolute Gasteiger partial charge is 0.375 e. The number of hydrogen-bond acceptors (Lipinski definition) is 7. The smallest absolute Gasteiger partial charge is 0.349 e. The lowest BCUT2D eigenvalue weighted by Gasteiger charge is -2.20. The molecule has 0 amide bonds. The highest BCUT2D eigenvalue weighted by Crippen LogP contribution is 2.20. The van der Waals surface area contributed by atoms with Crippen LogP contribution in [0, 0.1) is 32.8 Å². The molecule has 0 aliphatic carbocycles. The molecule has 1 aromatic heterocycles. The number of nitrogens with one attached hydrogen (secondary N) is 1. The van der Waals surface area contributed by atoms with Crippen LogP contribution in [0.4, 0.5) is 11.5 Å². The van der Waals surface area contributed by atoms with Gasteiger partial charge in [-0.3, -0.25) is 14.9 Å². The van der Waals surface area contributed by atoms with Gasteiger partial charge in [-0.25, -0.2) is 4.98 Å². The van der Waals surface area contributed by atoms with Crippen LogP contribution in [0.2, 0.25) is 0 Å². The molecular weight excluding hydrogens is 252 g/mol. The SMILES string of the molecule is N#CCCN(CCC#N)c1nc[nH]c(=O)c1[N+](=O)[O-]. The summed E-state index contributed by atoms with van der Waals surface area (Å²) in [6.07, 6.45) is 1.27. The second kappa shape index (κ2) is 6.71. The first-order valence-electron chi connectivity index (χ1n) is 5.32. The van der Waals surface area contributed by atoms with Gasteiger partial charge in [0.2, 0.25) is 5.82 Å². The van der Waals surface area contributed by atoms with Crippen LogP contribution in [-0.4, -0.2) is 28.0 Å². The van der Waals surface area contributed by atoms with E-state index >= 15 is 0 Å². The molecule has 0 saturated carbocycles. The van der Waals surface area contributed by atoms with Crippen molar-refractivity contribution in [2.45, 2.75) is 12.8 Å². The van der Waals surface area contributed by atoms with Crippen molar-refractivity contribution in [3.05, 3.63) is 26.8 Å². The van der Waals surface area contributed by atoms with Crippen LogP contribution in [0.15, 0.2) is 11.1 Å². The number of aromatic amines is 1. The molecule has 0 aliphatic heterocycles. The maximum atomic E-state index is 11.4. The summed E-state index contributed by atoms with van der Waals surface area (Å²) in [6, 6.07) is 3.80. The number of aromatic nitrogens is 2. The average molecular weight is 262 g/mol. The van der Waals surface area contributed by atoms with E-state index in [9.17, 15) is 14.9 Å². The fourth-order valence-corrected chi connectivity index (χ4v) is 1.47. The molecule has 1 rings (SSSR count). The lowest BCUT2D eigenvalue weighted by atomic mass is 10.3. The van der Waals surface area contributed by atoms with Crippen molar-refractivity contribution in [3.8, 4) is 12.1 Å². The Morgan fingerprint density at radius 3 is 2.42 bits per heavy atom. The minimum absolute atomic E-state index is 0.108. The number of hydrogen-bond donors (Lipinski definition) is 1. The van der Waals surface area contributed by atoms with Gasteiger partial charge in [0, 0.05) is 13.1 Å². The summed E-state index contributed by atoms with van der Waals surface area (Å²) in [7, 11) is 0. The van der Waals surface area contributed by atoms with Gasteiger partial charge in [0.15, 0.2) is 0 Å². The van der Waals surface area contributed by atoms with E-state index in [0.29, 0.717) is 0 Å². The van der Waals surface area contributed by atoms with E-state index in [-0.39, 0.29) is 31.7 Å². The number of H-pyrrole nitrogens is 1. The fourth-order valence-electron chi connectivity index (χ4n) is 1.47. The molecule has 1 heterocycles. The maximum Gasteiger partial charge on any atom is 0.375 e. The van der Waals surface area contributed by atoms with Gasteiger partial charge >= 0.3 is 11.2 Å². The van der Waals surface area contributed by atoms with Gasteiger partial charge in [0.25, 0.3) is 0 Å². The predicted octanol–water partition coefficient (Wildman–Crippen LogP) is 0.312. The lowest BCUT2D eigenvalue weighted by Crippen LogP contribution is -2.29. The van der Waals surface area contributed by atoms with Gasteiger partial charge in [-0.15, -0.1) is 0 Å². The highest BCUT2D eigenvalue weighted by atomic mass is 16.6. The Balaban J connectivity index is 3.18. The van der Waals surface area contributed by atoms with Crippen LogP contribution in [-0.2, 0) is 0 Å². The molecule has 0 fully saturated rings. The summed E-state index contributed by atoms with van der Waals surface area (Å²) < 4.78 is 0. The first-order chi connectivity index (χ1) is 9.11. The Morgan fingerprint density at radius 1 is 1.37 bits per heavy atom. The van der Waals surface area contributed by atoms with E-state index in [1.165, 1.54) is 4.90 Å². The molecule has 0 bridgehead atoms. The molecule has 9 heteroatoms. The Morgan fingerprint density at radius 2 is 1.95 bits per heavy atom. The first-order valence-corrected chi connectivity index (χ1v) is 5.32. The highest BCUT2D eigenvalue weighted by molar-refractivity contribution is 5.56. The van der Waals surface area contributed by atoms with Crippen LogP contribution in [0.5, 0.6) is 0 Å². The topological polar surface area (TPSA) is 140 Å². The number of nitriles is 2. The van der Waals surface area contributed by atoms with Gasteiger partial charge in [0.1, 0.15) is 0 Å². The molecule has 0 radical (unpaired) electrons. The summed E-state index contributed by atoms with van der Waals surface area (Å²) in [6.45, 7) is 0.324. The Labute approximate surface area is 107 Å². The van der Waals surface area contributed by atoms with Crippen LogP contribution in [0.1, 0.15) is 12.8 Å². The zero-order valence-electron chi connectivity index (χ0n) is 9.87. The molecule has 1 aromatic rings. The van der Waals surface area contributed by atoms with Crippen molar-refractivity contribution in [2.75, 3.05) is 18.0 Å². The molecule has 0 atom stereocenters. The van der Waals surface area contributed by atoms with Gasteiger partial charge in [0.05, 0.1) is 36.2 Å². The Kier molecular flexibility index (Phi) is 4.99. The minimum Gasteiger partial charge on any atom is -0.349 e. The standard InChI is InChI=1S/C10H10N6O3/c11-3-1-5-15(6-2-4-12)9-8(16(18)19)10(17)14-7-13-9/h7H,1-2,5-6H2,(H,13,14,17). The van der Waals surface area contributed by atoms with Crippen LogP contribution < -0.4 is 10.5 Å². The number of rotatable bonds is 6. The third kappa shape index (κ3) is 3.51. The highest BCUT2D eigenvalue weighted by Gasteiger charge is 2.24. The molecule has 98 valence electrons. The van der Waals surface area contributed by atoms with Crippen molar-refractivity contribution in [3.63, 3.8) is 0 Å². The van der Waals surface area contributed by atoms with E-state index in [0.717, 1.165) is 6.33 Å². The molecule has 1 N–H and O–H groups in total. The van der Waals surface area contributed by atoms with Crippen molar-refractivity contribution >= 4 is 11.5 Å². The molecule has 19 heavy (non-hydrogen) atoms. The normalized spacial score (nSPS) is 9.37. The van der Waals surface area contributed by atoms with Crippen molar-refractivity contribution in [2.24, 2.45) is 0 Å². The summed E-state index contributed by atoms with van der Waals surface area (Å²) in [5.74, 6) is -0.126. The zero-order valence-corrected chi connectivity index (χ0v) is 9.87. The van der Waals surface area contributed by atoms with Crippen molar-refractivity contribution in [1.82, 2.24) is 9.97 Å². The van der Waals surface area contributed by atoms with Crippen molar-refractivity contribution < 1.29 is 4.92 Å². The molecule has 0 aromatic carbocycles. The van der Waals surface area contributed by atoms with Crippen LogP contribution >= 0.6 is 0 Å². The summed E-state index contributed by atoms with van der Waals surface area (Å²) in [4.78, 5) is 28.8. The minimum atomic E-state index is -0.867. The second-order valence-corrected chi connectivity index (χ2v) is 3.46. The Hall–Kier alpha value is -2.94. The van der Waals surface area contributed by atoms with E-state index in [4.69, 9.17) is 10.5 Å². The Bertz CT molecular complexity index is 579. The van der Waals surface area contributed by atoms with Gasteiger partial charge in [-0.1, -0.05) is 0 Å². The zero-order chi connectivity index (χ0) is 14.3. The van der Waals surface area contributed by atoms with Gasteiger partial charge in [-0.2, -0.15) is 10.5 Å². The molecule has 0 spiro atoms. The van der Waals surface area contributed by atoms with Crippen LogP contribution in [0.3, 0.4) is 0 Å². The van der Waals surface area contributed by atoms with E-state index in [2.05, 4.69) is 9.97 Å². The number of nitrogens with zero attached hydrogens (tertiary/aromatic N) is 5. The summed E-state index contributed by atoms with van der Waals surface area (Å²) >= 11 is 0. The molecule has 0 unspecified atom stereocenters. The summed E-state index contributed by atoms with van der Waals surface area (Å²) in [5.41, 5.74) is -1.55. The van der Waals surface area contributed by atoms with E-state index in [1.54, 1.807) is 0 Å². The quantitative estimate of drug-likeness (QED) is 0.574. The van der Waals surface area contributed by atoms with Gasteiger partial charge < -0.3 is 9.88 Å². The third-order valence-electron chi connectivity index (χ3n) is 2.28. The van der Waals surface area contributed by atoms with Crippen LogP contribution in [0.25, 0.3) is 0 Å². The molecule has 0 aliphatic rings. The molecular formula is C10H10N6O3. The maximum absolute atomic E-state index is 11.4. The van der Waals surface area contributed by atoms with Crippen molar-refractivity contribution in [1.29, 1.82) is 10.5 Å². The lowest BCUT2D eigenvalue weighted by molar-refractivity contribution is -0.385. The second-order valence-electron chi connectivity index (χ2n) is 3.46. The monoisotopic (exact) mass is 262 g/mol. The van der Waals surface area contributed by atoms with E-state index in [1.807, 2.05) is 12.1 Å². The van der Waals surface area contributed by atoms with E-state index < -0.39 is 16.2 Å². The molecule has 9 nitrogen and oxygen atoms in total. The average Bonchev–Trinajstić information content (AvgIpc) is 2.38. The number of anilines is 1. The predicted molar refractivity (Wildman–Crippen MR) is 64.2 cm³/mol. The molecule has 0 saturated heterocycles. The number of nitro groups is 1. The first kappa shape index (κ1) is 14.1.